The lowest BCUT2D eigenvalue weighted by atomic mass is 10.1. The molecule has 0 saturated heterocycles. The number of nitrogens with one attached hydrogen (secondary N) is 2. The normalized spacial score (nSPS) is 10.1. The van der Waals surface area contributed by atoms with Crippen LogP contribution in [-0.2, 0) is 0 Å². The zero-order valence-corrected chi connectivity index (χ0v) is 11.1. The molecular weight excluding hydrogens is 298 g/mol. The number of aryl methyl sites for hydroxylation is 1. The standard InChI is InChI=1S/C12H10BrN3O2/c1-7-4-8(6-9(13)5-7)12(18)14-10-2-3-11(17)16-15-10/h2-6H,1H3,(H,16,17)(H,14,15,18). The second kappa shape index (κ2) is 5.14. The topological polar surface area (TPSA) is 74.8 Å². The number of halogens is 1. The minimum Gasteiger partial charge on any atom is -0.305 e. The van der Waals surface area contributed by atoms with E-state index >= 15 is 0 Å². The zero-order chi connectivity index (χ0) is 13.1. The van der Waals surface area contributed by atoms with E-state index in [1.165, 1.54) is 12.1 Å². The molecule has 0 spiro atoms. The highest BCUT2D eigenvalue weighted by Crippen LogP contribution is 2.16. The molecule has 1 amide bonds. The summed E-state index contributed by atoms with van der Waals surface area (Å²) in [5.41, 5.74) is 1.19. The summed E-state index contributed by atoms with van der Waals surface area (Å²) in [4.78, 5) is 22.8. The average molecular weight is 308 g/mol. The van der Waals surface area contributed by atoms with Crippen molar-refractivity contribution in [2.75, 3.05) is 5.32 Å². The SMILES string of the molecule is Cc1cc(Br)cc(C(=O)Nc2ccc(=O)[nH]n2)c1. The lowest BCUT2D eigenvalue weighted by molar-refractivity contribution is 0.102. The molecule has 1 aromatic heterocycles. The first-order valence-electron chi connectivity index (χ1n) is 5.19. The largest absolute Gasteiger partial charge is 0.305 e. The van der Waals surface area contributed by atoms with Crippen LogP contribution in [0.5, 0.6) is 0 Å². The summed E-state index contributed by atoms with van der Waals surface area (Å²) in [6, 6.07) is 8.14. The van der Waals surface area contributed by atoms with Gasteiger partial charge in [-0.15, -0.1) is 0 Å². The van der Waals surface area contributed by atoms with E-state index in [0.29, 0.717) is 11.4 Å². The van der Waals surface area contributed by atoms with E-state index in [1.54, 1.807) is 12.1 Å². The Morgan fingerprint density at radius 3 is 2.72 bits per heavy atom. The van der Waals surface area contributed by atoms with Gasteiger partial charge in [0.1, 0.15) is 0 Å². The van der Waals surface area contributed by atoms with Gasteiger partial charge in [0.2, 0.25) is 0 Å². The lowest BCUT2D eigenvalue weighted by Gasteiger charge is -2.05. The number of anilines is 1. The van der Waals surface area contributed by atoms with Crippen molar-refractivity contribution in [1.82, 2.24) is 10.2 Å². The van der Waals surface area contributed by atoms with Gasteiger partial charge in [0.15, 0.2) is 5.82 Å². The molecule has 0 aliphatic carbocycles. The monoisotopic (exact) mass is 307 g/mol. The van der Waals surface area contributed by atoms with E-state index in [2.05, 4.69) is 31.4 Å². The summed E-state index contributed by atoms with van der Waals surface area (Å²) < 4.78 is 0.835. The molecule has 0 bridgehead atoms. The van der Waals surface area contributed by atoms with Crippen molar-refractivity contribution >= 4 is 27.7 Å². The van der Waals surface area contributed by atoms with Gasteiger partial charge in [-0.3, -0.25) is 9.59 Å². The molecule has 0 saturated carbocycles. The Bertz CT molecular complexity index is 611. The summed E-state index contributed by atoms with van der Waals surface area (Å²) >= 11 is 3.33. The first kappa shape index (κ1) is 12.5. The third-order valence-electron chi connectivity index (χ3n) is 2.23. The molecule has 2 aromatic rings. The lowest BCUT2D eigenvalue weighted by Crippen LogP contribution is -2.15. The fourth-order valence-electron chi connectivity index (χ4n) is 1.47. The van der Waals surface area contributed by atoms with Crippen LogP contribution in [0, 0.1) is 6.92 Å². The van der Waals surface area contributed by atoms with Gasteiger partial charge in [0.25, 0.3) is 11.5 Å². The number of aromatic nitrogens is 2. The smallest absolute Gasteiger partial charge is 0.264 e. The molecule has 2 N–H and O–H groups in total. The number of hydrogen-bond donors (Lipinski definition) is 2. The molecule has 0 radical (unpaired) electrons. The van der Waals surface area contributed by atoms with Gasteiger partial charge in [0, 0.05) is 16.1 Å². The highest BCUT2D eigenvalue weighted by atomic mass is 79.9. The Kier molecular flexibility index (Phi) is 3.57. The van der Waals surface area contributed by atoms with Crippen LogP contribution in [-0.4, -0.2) is 16.1 Å². The Balaban J connectivity index is 2.21. The molecule has 5 nitrogen and oxygen atoms in total. The first-order valence-corrected chi connectivity index (χ1v) is 5.98. The van der Waals surface area contributed by atoms with Crippen molar-refractivity contribution in [3.8, 4) is 0 Å². The highest BCUT2D eigenvalue weighted by molar-refractivity contribution is 9.10. The van der Waals surface area contributed by atoms with Crippen molar-refractivity contribution in [2.45, 2.75) is 6.92 Å². The number of amides is 1. The highest BCUT2D eigenvalue weighted by Gasteiger charge is 2.08. The van der Waals surface area contributed by atoms with Crippen molar-refractivity contribution in [3.05, 3.63) is 56.3 Å². The summed E-state index contributed by atoms with van der Waals surface area (Å²) in [5, 5.41) is 8.56. The average Bonchev–Trinajstić information content (AvgIpc) is 2.31. The van der Waals surface area contributed by atoms with Gasteiger partial charge in [-0.25, -0.2) is 5.10 Å². The number of carbonyl (C=O) groups is 1. The van der Waals surface area contributed by atoms with E-state index in [4.69, 9.17) is 0 Å². The van der Waals surface area contributed by atoms with Gasteiger partial charge in [-0.2, -0.15) is 5.10 Å². The Hall–Kier alpha value is -1.95. The van der Waals surface area contributed by atoms with Crippen LogP contribution < -0.4 is 10.9 Å². The molecule has 18 heavy (non-hydrogen) atoms. The fourth-order valence-corrected chi connectivity index (χ4v) is 2.08. The van der Waals surface area contributed by atoms with Gasteiger partial charge in [-0.1, -0.05) is 15.9 Å². The number of nitrogens with zero attached hydrogens (tertiary/aromatic N) is 1. The van der Waals surface area contributed by atoms with Crippen LogP contribution in [0.15, 0.2) is 39.6 Å². The molecule has 92 valence electrons. The first-order chi connectivity index (χ1) is 8.54. The number of rotatable bonds is 2. The van der Waals surface area contributed by atoms with E-state index in [-0.39, 0.29) is 11.5 Å². The van der Waals surface area contributed by atoms with Crippen LogP contribution in [0.1, 0.15) is 15.9 Å². The number of aromatic amines is 1. The molecule has 2 rings (SSSR count). The van der Waals surface area contributed by atoms with Crippen LogP contribution in [0.4, 0.5) is 5.82 Å². The van der Waals surface area contributed by atoms with Gasteiger partial charge >= 0.3 is 0 Å². The number of hydrogen-bond acceptors (Lipinski definition) is 3. The molecule has 0 atom stereocenters. The second-order valence-electron chi connectivity index (χ2n) is 3.78. The number of benzene rings is 1. The maximum Gasteiger partial charge on any atom is 0.264 e. The second-order valence-corrected chi connectivity index (χ2v) is 4.69. The molecule has 6 heteroatoms. The quantitative estimate of drug-likeness (QED) is 0.892. The summed E-state index contributed by atoms with van der Waals surface area (Å²) in [6.45, 7) is 1.90. The zero-order valence-electron chi connectivity index (χ0n) is 9.53. The molecular formula is C12H10BrN3O2. The maximum atomic E-state index is 11.9. The molecule has 0 unspecified atom stereocenters. The van der Waals surface area contributed by atoms with Gasteiger partial charge in [-0.05, 0) is 36.8 Å². The Morgan fingerprint density at radius 2 is 2.11 bits per heavy atom. The van der Waals surface area contributed by atoms with Crippen LogP contribution in [0.3, 0.4) is 0 Å². The number of carbonyl (C=O) groups excluding carboxylic acids is 1. The predicted octanol–water partition coefficient (Wildman–Crippen LogP) is 2.09. The Morgan fingerprint density at radius 1 is 1.33 bits per heavy atom. The van der Waals surface area contributed by atoms with Crippen molar-refractivity contribution in [2.24, 2.45) is 0 Å². The summed E-state index contributed by atoms with van der Waals surface area (Å²) in [5.74, 6) is 0.0242. The van der Waals surface area contributed by atoms with Gasteiger partial charge in [0.05, 0.1) is 0 Å². The Labute approximate surface area is 111 Å². The van der Waals surface area contributed by atoms with Crippen LogP contribution in [0.2, 0.25) is 0 Å². The maximum absolute atomic E-state index is 11.9. The van der Waals surface area contributed by atoms with Gasteiger partial charge < -0.3 is 5.32 Å². The summed E-state index contributed by atoms with van der Waals surface area (Å²) in [7, 11) is 0. The van der Waals surface area contributed by atoms with Crippen LogP contribution >= 0.6 is 15.9 Å². The fraction of sp³-hybridized carbons (Fsp3) is 0.0833. The molecule has 0 aliphatic heterocycles. The minimum atomic E-state index is -0.314. The third kappa shape index (κ3) is 3.04. The van der Waals surface area contributed by atoms with Crippen molar-refractivity contribution in [3.63, 3.8) is 0 Å². The van der Waals surface area contributed by atoms with E-state index in [1.807, 2.05) is 13.0 Å². The molecule has 0 aliphatic rings. The third-order valence-corrected chi connectivity index (χ3v) is 2.68. The molecule has 1 heterocycles. The molecule has 0 fully saturated rings. The van der Waals surface area contributed by atoms with Crippen molar-refractivity contribution < 1.29 is 4.79 Å². The molecule has 1 aromatic carbocycles. The van der Waals surface area contributed by atoms with E-state index in [9.17, 15) is 9.59 Å². The minimum absolute atomic E-state index is 0.279. The van der Waals surface area contributed by atoms with E-state index in [0.717, 1.165) is 10.0 Å². The van der Waals surface area contributed by atoms with Crippen molar-refractivity contribution in [1.29, 1.82) is 0 Å². The summed E-state index contributed by atoms with van der Waals surface area (Å²) in [6.07, 6.45) is 0. The van der Waals surface area contributed by atoms with E-state index < -0.39 is 0 Å². The number of H-pyrrole nitrogens is 1. The predicted molar refractivity (Wildman–Crippen MR) is 71.7 cm³/mol. The van der Waals surface area contributed by atoms with Crippen LogP contribution in [0.25, 0.3) is 0 Å².